The largest absolute Gasteiger partial charge is 0.356 e. The number of nitro groups is 1. The zero-order chi connectivity index (χ0) is 17.9. The van der Waals surface area contributed by atoms with Gasteiger partial charge in [0.15, 0.2) is 16.7 Å². The third-order valence-electron chi connectivity index (χ3n) is 3.20. The first-order chi connectivity index (χ1) is 11.3. The van der Waals surface area contributed by atoms with Crippen LogP contribution in [0.2, 0.25) is 5.02 Å². The number of nitrogens with zero attached hydrogens (tertiary/aromatic N) is 1. The molecule has 0 heterocycles. The molecule has 2 aromatic rings. The number of rotatable bonds is 4. The van der Waals surface area contributed by atoms with E-state index in [9.17, 15) is 18.9 Å². The number of thiocarbonyl (C=S) groups is 1. The van der Waals surface area contributed by atoms with Crippen molar-refractivity contribution < 1.29 is 13.7 Å². The Balaban J connectivity index is 2.09. The monoisotopic (exact) mass is 371 g/mol. The van der Waals surface area contributed by atoms with Gasteiger partial charge in [0.1, 0.15) is 0 Å². The smallest absolute Gasteiger partial charge is 0.271 e. The highest BCUT2D eigenvalue weighted by atomic mass is 35.5. The Morgan fingerprint density at radius 2 is 1.96 bits per heavy atom. The molecular weight excluding hydrogens is 360 g/mol. The van der Waals surface area contributed by atoms with E-state index in [1.54, 1.807) is 6.92 Å². The van der Waals surface area contributed by atoms with Gasteiger partial charge in [0, 0.05) is 12.1 Å². The van der Waals surface area contributed by atoms with E-state index in [1.807, 2.05) is 0 Å². The second kappa shape index (κ2) is 7.50. The van der Waals surface area contributed by atoms with Gasteiger partial charge < -0.3 is 10.6 Å². The van der Waals surface area contributed by atoms with E-state index < -0.39 is 22.6 Å². The minimum absolute atomic E-state index is 0.134. The van der Waals surface area contributed by atoms with Gasteiger partial charge in [-0.1, -0.05) is 17.7 Å². The first-order valence-corrected chi connectivity index (χ1v) is 7.53. The molecule has 0 aliphatic rings. The number of halogens is 3. The van der Waals surface area contributed by atoms with Gasteiger partial charge in [0.05, 0.1) is 21.7 Å². The summed E-state index contributed by atoms with van der Waals surface area (Å²) in [4.78, 5) is 10.2. The van der Waals surface area contributed by atoms with Crippen LogP contribution in [0.4, 0.5) is 20.2 Å². The molecule has 0 unspecified atom stereocenters. The van der Waals surface area contributed by atoms with Crippen molar-refractivity contribution in [3.8, 4) is 0 Å². The van der Waals surface area contributed by atoms with Gasteiger partial charge >= 0.3 is 0 Å². The van der Waals surface area contributed by atoms with Gasteiger partial charge in [0.2, 0.25) is 0 Å². The Labute approximate surface area is 146 Å². The lowest BCUT2D eigenvalue weighted by atomic mass is 10.1. The summed E-state index contributed by atoms with van der Waals surface area (Å²) in [5.41, 5.74) is 0.613. The lowest BCUT2D eigenvalue weighted by Crippen LogP contribution is -2.31. The van der Waals surface area contributed by atoms with Crippen LogP contribution in [0.1, 0.15) is 18.5 Å². The predicted octanol–water partition coefficient (Wildman–Crippen LogP) is 4.57. The van der Waals surface area contributed by atoms with Crippen LogP contribution in [0.25, 0.3) is 0 Å². The maximum atomic E-state index is 13.3. The quantitative estimate of drug-likeness (QED) is 0.468. The van der Waals surface area contributed by atoms with E-state index in [1.165, 1.54) is 24.3 Å². The van der Waals surface area contributed by atoms with Crippen LogP contribution >= 0.6 is 23.8 Å². The molecule has 0 radical (unpaired) electrons. The van der Waals surface area contributed by atoms with Gasteiger partial charge in [-0.15, -0.1) is 0 Å². The molecule has 0 aliphatic carbocycles. The summed E-state index contributed by atoms with van der Waals surface area (Å²) < 4.78 is 26.2. The highest BCUT2D eigenvalue weighted by molar-refractivity contribution is 7.80. The van der Waals surface area contributed by atoms with Gasteiger partial charge in [-0.25, -0.2) is 8.78 Å². The van der Waals surface area contributed by atoms with Crippen LogP contribution in [0.15, 0.2) is 36.4 Å². The van der Waals surface area contributed by atoms with Crippen molar-refractivity contribution in [2.75, 3.05) is 5.32 Å². The first kappa shape index (κ1) is 18.0. The zero-order valence-corrected chi connectivity index (χ0v) is 13.9. The summed E-state index contributed by atoms with van der Waals surface area (Å²) in [6, 6.07) is 7.00. The van der Waals surface area contributed by atoms with Gasteiger partial charge in [0.25, 0.3) is 5.69 Å². The number of hydrogen-bond acceptors (Lipinski definition) is 3. The topological polar surface area (TPSA) is 67.2 Å². The minimum atomic E-state index is -0.957. The fourth-order valence-corrected chi connectivity index (χ4v) is 2.39. The molecule has 1 atom stereocenters. The third kappa shape index (κ3) is 4.36. The molecular formula is C15H12ClF2N3O2S. The molecule has 2 aromatic carbocycles. The number of benzene rings is 2. The maximum Gasteiger partial charge on any atom is 0.271 e. The predicted molar refractivity (Wildman–Crippen MR) is 92.2 cm³/mol. The number of anilines is 1. The molecule has 0 spiro atoms. The van der Waals surface area contributed by atoms with Crippen molar-refractivity contribution in [1.82, 2.24) is 5.32 Å². The van der Waals surface area contributed by atoms with Crippen LogP contribution in [-0.4, -0.2) is 10.0 Å². The van der Waals surface area contributed by atoms with E-state index >= 15 is 0 Å². The standard InChI is InChI=1S/C15H12ClF2N3O2S/c1-8(9-2-5-12(17)13(18)6-9)19-15(24)20-14-7-10(21(22)23)3-4-11(14)16/h2-8H,1H3,(H2,19,20,24)/t8-/m1/s1. The Morgan fingerprint density at radius 3 is 2.58 bits per heavy atom. The van der Waals surface area contributed by atoms with E-state index in [-0.39, 0.29) is 21.5 Å². The second-order valence-electron chi connectivity index (χ2n) is 4.91. The lowest BCUT2D eigenvalue weighted by molar-refractivity contribution is -0.384. The Kier molecular flexibility index (Phi) is 5.63. The Bertz CT molecular complexity index is 804. The van der Waals surface area contributed by atoms with E-state index in [2.05, 4.69) is 10.6 Å². The Hall–Kier alpha value is -2.32. The third-order valence-corrected chi connectivity index (χ3v) is 3.75. The molecule has 0 saturated heterocycles. The summed E-state index contributed by atoms with van der Waals surface area (Å²) in [6.45, 7) is 1.70. The van der Waals surface area contributed by atoms with Crippen molar-refractivity contribution in [2.45, 2.75) is 13.0 Å². The summed E-state index contributed by atoms with van der Waals surface area (Å²) in [5, 5.41) is 16.8. The van der Waals surface area contributed by atoms with Crippen LogP contribution in [-0.2, 0) is 0 Å². The van der Waals surface area contributed by atoms with Crippen LogP contribution in [0.5, 0.6) is 0 Å². The number of hydrogen-bond donors (Lipinski definition) is 2. The normalized spacial score (nSPS) is 11.7. The molecule has 0 fully saturated rings. The summed E-state index contributed by atoms with van der Waals surface area (Å²) in [5.74, 6) is -1.89. The zero-order valence-electron chi connectivity index (χ0n) is 12.3. The van der Waals surface area contributed by atoms with Crippen LogP contribution < -0.4 is 10.6 Å². The molecule has 5 nitrogen and oxygen atoms in total. The summed E-state index contributed by atoms with van der Waals surface area (Å²) in [6.07, 6.45) is 0. The van der Waals surface area contributed by atoms with Crippen molar-refractivity contribution >= 4 is 40.3 Å². The molecule has 9 heteroatoms. The van der Waals surface area contributed by atoms with Gasteiger partial charge in [-0.3, -0.25) is 10.1 Å². The average molecular weight is 372 g/mol. The number of non-ortho nitro benzene ring substituents is 1. The molecule has 0 saturated carbocycles. The SMILES string of the molecule is C[C@@H](NC(=S)Nc1cc([N+](=O)[O-])ccc1Cl)c1ccc(F)c(F)c1. The highest BCUT2D eigenvalue weighted by Gasteiger charge is 2.13. The van der Waals surface area contributed by atoms with Crippen molar-refractivity contribution in [1.29, 1.82) is 0 Å². The lowest BCUT2D eigenvalue weighted by Gasteiger charge is -2.18. The average Bonchev–Trinajstić information content (AvgIpc) is 2.51. The molecule has 0 aromatic heterocycles. The minimum Gasteiger partial charge on any atom is -0.356 e. The molecule has 2 rings (SSSR count). The van der Waals surface area contributed by atoms with Crippen molar-refractivity contribution in [2.24, 2.45) is 0 Å². The molecule has 0 amide bonds. The molecule has 24 heavy (non-hydrogen) atoms. The first-order valence-electron chi connectivity index (χ1n) is 6.74. The number of nitro benzene ring substituents is 1. The van der Waals surface area contributed by atoms with E-state index in [4.69, 9.17) is 23.8 Å². The van der Waals surface area contributed by atoms with Crippen LogP contribution in [0, 0.1) is 21.7 Å². The molecule has 2 N–H and O–H groups in total. The highest BCUT2D eigenvalue weighted by Crippen LogP contribution is 2.26. The Morgan fingerprint density at radius 1 is 1.25 bits per heavy atom. The van der Waals surface area contributed by atoms with E-state index in [0.29, 0.717) is 5.56 Å². The molecule has 126 valence electrons. The van der Waals surface area contributed by atoms with Crippen LogP contribution in [0.3, 0.4) is 0 Å². The van der Waals surface area contributed by atoms with Gasteiger partial charge in [-0.2, -0.15) is 0 Å². The molecule has 0 bridgehead atoms. The van der Waals surface area contributed by atoms with E-state index in [0.717, 1.165) is 12.1 Å². The van der Waals surface area contributed by atoms with Crippen molar-refractivity contribution in [3.63, 3.8) is 0 Å². The second-order valence-corrected chi connectivity index (χ2v) is 5.73. The van der Waals surface area contributed by atoms with Crippen molar-refractivity contribution in [3.05, 3.63) is 68.7 Å². The molecule has 0 aliphatic heterocycles. The summed E-state index contributed by atoms with van der Waals surface area (Å²) >= 11 is 11.1. The fourth-order valence-electron chi connectivity index (χ4n) is 1.94. The fraction of sp³-hybridized carbons (Fsp3) is 0.133. The maximum absolute atomic E-state index is 13.3. The van der Waals surface area contributed by atoms with Gasteiger partial charge in [-0.05, 0) is 42.9 Å². The number of nitrogens with one attached hydrogen (secondary N) is 2. The summed E-state index contributed by atoms with van der Waals surface area (Å²) in [7, 11) is 0.